The second-order valence-electron chi connectivity index (χ2n) is 9.50. The molecule has 0 saturated carbocycles. The van der Waals surface area contributed by atoms with Crippen LogP contribution in [-0.2, 0) is 9.53 Å². The minimum absolute atomic E-state index is 0.0237. The Kier molecular flexibility index (Phi) is 5.61. The third-order valence-electron chi connectivity index (χ3n) is 5.99. The number of carbonyl (C=O) groups excluding carboxylic acids is 2. The molecule has 174 valence electrons. The Morgan fingerprint density at radius 2 is 1.88 bits per heavy atom. The highest BCUT2D eigenvalue weighted by molar-refractivity contribution is 6.09. The van der Waals surface area contributed by atoms with Crippen molar-refractivity contribution in [3.05, 3.63) is 22.5 Å². The monoisotopic (exact) mass is 447 g/mol. The van der Waals surface area contributed by atoms with E-state index in [1.54, 1.807) is 4.57 Å². The number of hydrogen-bond donors (Lipinski definition) is 2. The molecule has 0 aliphatic carbocycles. The molecule has 11 nitrogen and oxygen atoms in total. The number of anilines is 2. The molecule has 0 bridgehead atoms. The van der Waals surface area contributed by atoms with E-state index in [-0.39, 0.29) is 30.1 Å². The van der Waals surface area contributed by atoms with Crippen molar-refractivity contribution in [3.63, 3.8) is 0 Å². The summed E-state index contributed by atoms with van der Waals surface area (Å²) >= 11 is 0. The van der Waals surface area contributed by atoms with Gasteiger partial charge in [-0.3, -0.25) is 24.0 Å². The van der Waals surface area contributed by atoms with Crippen LogP contribution in [0.3, 0.4) is 0 Å². The van der Waals surface area contributed by atoms with Crippen LogP contribution in [0.25, 0.3) is 0 Å². The molecule has 0 radical (unpaired) electrons. The molecule has 1 aromatic rings. The maximum absolute atomic E-state index is 12.7. The van der Waals surface area contributed by atoms with Gasteiger partial charge in [0.25, 0.3) is 5.56 Å². The van der Waals surface area contributed by atoms with Crippen molar-refractivity contribution in [3.8, 4) is 0 Å². The number of carboxylic acid groups (broad SMARTS) is 1. The summed E-state index contributed by atoms with van der Waals surface area (Å²) in [4.78, 5) is 53.5. The molecule has 11 heteroatoms. The zero-order chi connectivity index (χ0) is 23.2. The summed E-state index contributed by atoms with van der Waals surface area (Å²) in [7, 11) is 0. The summed E-state index contributed by atoms with van der Waals surface area (Å²) in [6.45, 7) is 7.58. The van der Waals surface area contributed by atoms with Gasteiger partial charge in [0.15, 0.2) is 0 Å². The van der Waals surface area contributed by atoms with Crippen LogP contribution in [0.1, 0.15) is 39.7 Å². The number of nitrogens with zero attached hydrogens (tertiary/aromatic N) is 4. The lowest BCUT2D eigenvalue weighted by molar-refractivity contribution is -0.117. The lowest BCUT2D eigenvalue weighted by atomic mass is 10.0. The minimum atomic E-state index is -1.22. The van der Waals surface area contributed by atoms with E-state index in [9.17, 15) is 24.3 Å². The van der Waals surface area contributed by atoms with E-state index in [2.05, 4.69) is 10.2 Å². The lowest BCUT2D eigenvalue weighted by Crippen LogP contribution is -2.48. The number of alkyl carbamates (subject to hydrolysis) is 1. The van der Waals surface area contributed by atoms with E-state index >= 15 is 0 Å². The van der Waals surface area contributed by atoms with Crippen LogP contribution in [-0.4, -0.2) is 77.0 Å². The Labute approximate surface area is 185 Å². The molecule has 3 aliphatic heterocycles. The van der Waals surface area contributed by atoms with Crippen molar-refractivity contribution in [2.75, 3.05) is 42.5 Å². The molecule has 0 unspecified atom stereocenters. The number of carbonyl (C=O) groups is 3. The smallest absolute Gasteiger partial charge is 0.412 e. The van der Waals surface area contributed by atoms with Crippen LogP contribution in [0.5, 0.6) is 0 Å². The highest BCUT2D eigenvalue weighted by Gasteiger charge is 2.42. The number of ether oxygens (including phenoxy) is 1. The highest BCUT2D eigenvalue weighted by Crippen LogP contribution is 2.39. The van der Waals surface area contributed by atoms with Gasteiger partial charge in [0.1, 0.15) is 18.0 Å². The number of rotatable bonds is 3. The Morgan fingerprint density at radius 3 is 2.50 bits per heavy atom. The van der Waals surface area contributed by atoms with Gasteiger partial charge >= 0.3 is 12.2 Å². The third-order valence-corrected chi connectivity index (χ3v) is 5.99. The van der Waals surface area contributed by atoms with E-state index < -0.39 is 17.8 Å². The van der Waals surface area contributed by atoms with Crippen molar-refractivity contribution < 1.29 is 24.2 Å². The van der Waals surface area contributed by atoms with Gasteiger partial charge in [0, 0.05) is 38.3 Å². The Morgan fingerprint density at radius 1 is 1.19 bits per heavy atom. The fraction of sp³-hybridized carbons (Fsp3) is 0.619. The molecule has 2 N–H and O–H groups in total. The molecule has 1 aromatic heterocycles. The predicted octanol–water partition coefficient (Wildman–Crippen LogP) is 1.22. The lowest BCUT2D eigenvalue weighted by Gasteiger charge is -2.34. The third kappa shape index (κ3) is 4.29. The molecule has 1 saturated heterocycles. The van der Waals surface area contributed by atoms with Crippen LogP contribution < -0.4 is 20.7 Å². The van der Waals surface area contributed by atoms with Crippen molar-refractivity contribution >= 4 is 29.6 Å². The number of hydrogen-bond acceptors (Lipinski definition) is 6. The van der Waals surface area contributed by atoms with E-state index in [0.29, 0.717) is 24.6 Å². The van der Waals surface area contributed by atoms with Gasteiger partial charge in [0.2, 0.25) is 5.91 Å². The topological polar surface area (TPSA) is 124 Å². The summed E-state index contributed by atoms with van der Waals surface area (Å²) in [5.74, 6) is 0.0321. The molecule has 0 aromatic carbocycles. The molecular weight excluding hydrogens is 418 g/mol. The summed E-state index contributed by atoms with van der Waals surface area (Å²) in [6.07, 6.45) is -0.135. The van der Waals surface area contributed by atoms with E-state index in [1.807, 2.05) is 20.8 Å². The number of amides is 3. The predicted molar refractivity (Wildman–Crippen MR) is 116 cm³/mol. The van der Waals surface area contributed by atoms with Gasteiger partial charge in [-0.25, -0.2) is 9.59 Å². The van der Waals surface area contributed by atoms with Crippen LogP contribution in [0.15, 0.2) is 16.9 Å². The summed E-state index contributed by atoms with van der Waals surface area (Å²) in [5, 5.41) is 12.4. The molecular formula is C21H29N5O6. The van der Waals surface area contributed by atoms with Gasteiger partial charge in [0.05, 0.1) is 11.7 Å². The standard InChI is InChI=1S/C21H29N5O6/c1-21(2,3)32-19(29)22-13-6-8-23(9-7-13)10-14-11-25-17(28)12-24(20(30)31)15-4-5-16(27)26(14)18(15)25/h4-5,13-14H,6-12H2,1-3H3,(H,22,29)(H,30,31)/t14-/m1/s1. The van der Waals surface area contributed by atoms with E-state index in [1.165, 1.54) is 17.0 Å². The molecule has 1 atom stereocenters. The van der Waals surface area contributed by atoms with Crippen molar-refractivity contribution in [2.24, 2.45) is 0 Å². The number of likely N-dealkylation sites (tertiary alicyclic amines) is 1. The first-order valence-electron chi connectivity index (χ1n) is 10.8. The Bertz CT molecular complexity index is 991. The second kappa shape index (κ2) is 8.12. The largest absolute Gasteiger partial charge is 0.465 e. The first kappa shape index (κ1) is 22.1. The normalized spacial score (nSPS) is 21.5. The highest BCUT2D eigenvalue weighted by atomic mass is 16.6. The van der Waals surface area contributed by atoms with Crippen molar-refractivity contribution in [1.82, 2.24) is 14.8 Å². The molecule has 3 aliphatic rings. The second-order valence-corrected chi connectivity index (χ2v) is 9.50. The van der Waals surface area contributed by atoms with Gasteiger partial charge in [-0.2, -0.15) is 0 Å². The van der Waals surface area contributed by atoms with E-state index in [0.717, 1.165) is 30.8 Å². The van der Waals surface area contributed by atoms with Gasteiger partial charge < -0.3 is 20.1 Å². The number of nitrogens with one attached hydrogen (secondary N) is 1. The van der Waals surface area contributed by atoms with E-state index in [4.69, 9.17) is 4.74 Å². The molecule has 0 spiro atoms. The molecule has 1 fully saturated rings. The zero-order valence-corrected chi connectivity index (χ0v) is 18.5. The SMILES string of the molecule is CC(C)(C)OC(=O)NC1CCN(C[C@@H]2CN3C(=O)CN(C(=O)O)c4ccc(=O)n2c43)CC1. The molecule has 4 heterocycles. The van der Waals surface area contributed by atoms with Gasteiger partial charge in [-0.05, 0) is 39.7 Å². The summed E-state index contributed by atoms with van der Waals surface area (Å²) in [5.41, 5.74) is -0.437. The summed E-state index contributed by atoms with van der Waals surface area (Å²) < 4.78 is 6.87. The molecule has 4 rings (SSSR count). The van der Waals surface area contributed by atoms with Gasteiger partial charge in [-0.1, -0.05) is 0 Å². The number of piperidine rings is 1. The van der Waals surface area contributed by atoms with Crippen molar-refractivity contribution in [1.29, 1.82) is 0 Å². The molecule has 32 heavy (non-hydrogen) atoms. The zero-order valence-electron chi connectivity index (χ0n) is 18.5. The number of pyridine rings is 1. The fourth-order valence-corrected chi connectivity index (χ4v) is 4.61. The first-order chi connectivity index (χ1) is 15.0. The Balaban J connectivity index is 1.43. The minimum Gasteiger partial charge on any atom is -0.465 e. The van der Waals surface area contributed by atoms with Crippen LogP contribution in [0.2, 0.25) is 0 Å². The Hall–Kier alpha value is -3.08. The maximum atomic E-state index is 12.7. The van der Waals surface area contributed by atoms with Gasteiger partial charge in [-0.15, -0.1) is 0 Å². The average molecular weight is 447 g/mol. The fourth-order valence-electron chi connectivity index (χ4n) is 4.61. The average Bonchev–Trinajstić information content (AvgIpc) is 3.07. The van der Waals surface area contributed by atoms with Crippen LogP contribution >= 0.6 is 0 Å². The quantitative estimate of drug-likeness (QED) is 0.714. The maximum Gasteiger partial charge on any atom is 0.412 e. The van der Waals surface area contributed by atoms with Crippen LogP contribution in [0.4, 0.5) is 21.1 Å². The van der Waals surface area contributed by atoms with Crippen molar-refractivity contribution in [2.45, 2.75) is 51.3 Å². The number of aromatic nitrogens is 1. The van der Waals surface area contributed by atoms with Crippen LogP contribution in [0, 0.1) is 0 Å². The summed E-state index contributed by atoms with van der Waals surface area (Å²) in [6, 6.07) is 2.59. The molecule has 3 amide bonds. The first-order valence-corrected chi connectivity index (χ1v) is 10.8.